The Labute approximate surface area is 132 Å². The van der Waals surface area contributed by atoms with Gasteiger partial charge in [0.15, 0.2) is 0 Å². The van der Waals surface area contributed by atoms with Crippen molar-refractivity contribution in [3.8, 4) is 0 Å². The minimum absolute atomic E-state index is 0.0690. The van der Waals surface area contributed by atoms with E-state index in [1.165, 1.54) is 17.5 Å². The summed E-state index contributed by atoms with van der Waals surface area (Å²) >= 11 is 0. The van der Waals surface area contributed by atoms with Crippen LogP contribution in [0.1, 0.15) is 36.4 Å². The number of nitrogens with zero attached hydrogens (tertiary/aromatic N) is 1. The number of fused-ring (bicyclic) bond motifs is 3. The van der Waals surface area contributed by atoms with E-state index in [0.29, 0.717) is 19.0 Å². The van der Waals surface area contributed by atoms with Crippen molar-refractivity contribution < 1.29 is 8.42 Å². The number of hydrogen-bond acceptors (Lipinski definition) is 3. The summed E-state index contributed by atoms with van der Waals surface area (Å²) in [5, 5.41) is 3.43. The molecule has 1 aromatic carbocycles. The lowest BCUT2D eigenvalue weighted by Crippen LogP contribution is -2.47. The Balaban J connectivity index is 1.45. The van der Waals surface area contributed by atoms with Crippen molar-refractivity contribution in [3.63, 3.8) is 0 Å². The van der Waals surface area contributed by atoms with Crippen LogP contribution in [0.4, 0.5) is 0 Å². The van der Waals surface area contributed by atoms with Gasteiger partial charge < -0.3 is 5.32 Å². The van der Waals surface area contributed by atoms with Crippen LogP contribution >= 0.6 is 0 Å². The molecular weight excluding hydrogens is 298 g/mol. The van der Waals surface area contributed by atoms with Crippen molar-refractivity contribution >= 4 is 10.2 Å². The third-order valence-electron chi connectivity index (χ3n) is 5.35. The molecule has 4 rings (SSSR count). The molecule has 2 heterocycles. The van der Waals surface area contributed by atoms with E-state index in [-0.39, 0.29) is 12.1 Å². The van der Waals surface area contributed by atoms with Gasteiger partial charge in [0.25, 0.3) is 10.2 Å². The Kier molecular flexibility index (Phi) is 3.72. The maximum Gasteiger partial charge on any atom is 0.279 e. The molecule has 5 nitrogen and oxygen atoms in total. The number of hydrogen-bond donors (Lipinski definition) is 2. The molecule has 120 valence electrons. The average molecular weight is 321 g/mol. The van der Waals surface area contributed by atoms with E-state index >= 15 is 0 Å². The van der Waals surface area contributed by atoms with Crippen LogP contribution in [0, 0.1) is 5.92 Å². The first kappa shape index (κ1) is 14.6. The van der Waals surface area contributed by atoms with Crippen molar-refractivity contribution in [2.45, 2.75) is 37.8 Å². The highest BCUT2D eigenvalue weighted by atomic mass is 32.2. The zero-order chi connectivity index (χ0) is 15.2. The first-order chi connectivity index (χ1) is 10.6. The van der Waals surface area contributed by atoms with Crippen LogP contribution in [-0.4, -0.2) is 38.4 Å². The quantitative estimate of drug-likeness (QED) is 0.876. The third-order valence-corrected chi connectivity index (χ3v) is 6.95. The van der Waals surface area contributed by atoms with Gasteiger partial charge >= 0.3 is 0 Å². The smallest absolute Gasteiger partial charge is 0.279 e. The highest BCUT2D eigenvalue weighted by Crippen LogP contribution is 2.38. The first-order valence-corrected chi connectivity index (χ1v) is 9.65. The molecule has 3 unspecified atom stereocenters. The topological polar surface area (TPSA) is 61.4 Å². The van der Waals surface area contributed by atoms with Crippen LogP contribution in [0.25, 0.3) is 0 Å². The van der Waals surface area contributed by atoms with Gasteiger partial charge in [-0.2, -0.15) is 12.7 Å². The fourth-order valence-corrected chi connectivity index (χ4v) is 5.75. The summed E-state index contributed by atoms with van der Waals surface area (Å²) in [6.07, 6.45) is 4.27. The molecule has 0 spiro atoms. The second-order valence-corrected chi connectivity index (χ2v) is 8.42. The summed E-state index contributed by atoms with van der Waals surface area (Å²) in [5.41, 5.74) is 2.55. The predicted octanol–water partition coefficient (Wildman–Crippen LogP) is 1.19. The summed E-state index contributed by atoms with van der Waals surface area (Å²) in [5.74, 6) is 0.579. The minimum Gasteiger partial charge on any atom is -0.308 e. The summed E-state index contributed by atoms with van der Waals surface area (Å²) in [6, 6.07) is 8.60. The largest absolute Gasteiger partial charge is 0.308 e. The van der Waals surface area contributed by atoms with Gasteiger partial charge in [-0.1, -0.05) is 24.3 Å². The molecule has 2 N–H and O–H groups in total. The van der Waals surface area contributed by atoms with Gasteiger partial charge in [-0.15, -0.1) is 0 Å². The fraction of sp³-hybridized carbons (Fsp3) is 0.625. The lowest BCUT2D eigenvalue weighted by atomic mass is 9.95. The first-order valence-electron chi connectivity index (χ1n) is 8.21. The molecule has 2 fully saturated rings. The Morgan fingerprint density at radius 2 is 2.14 bits per heavy atom. The van der Waals surface area contributed by atoms with Gasteiger partial charge in [-0.3, -0.25) is 0 Å². The predicted molar refractivity (Wildman–Crippen MR) is 85.6 cm³/mol. The molecule has 0 radical (unpaired) electrons. The molecule has 1 saturated heterocycles. The van der Waals surface area contributed by atoms with Crippen molar-refractivity contribution in [1.82, 2.24) is 14.3 Å². The van der Waals surface area contributed by atoms with E-state index in [9.17, 15) is 8.42 Å². The number of benzene rings is 1. The zero-order valence-corrected chi connectivity index (χ0v) is 13.5. The molecule has 0 aromatic heterocycles. The van der Waals surface area contributed by atoms with E-state index in [0.717, 1.165) is 25.8 Å². The van der Waals surface area contributed by atoms with E-state index in [4.69, 9.17) is 0 Å². The van der Waals surface area contributed by atoms with Gasteiger partial charge in [0, 0.05) is 25.2 Å². The third kappa shape index (κ3) is 2.58. The van der Waals surface area contributed by atoms with Crippen LogP contribution < -0.4 is 10.0 Å². The lowest BCUT2D eigenvalue weighted by molar-refractivity contribution is 0.327. The van der Waals surface area contributed by atoms with Gasteiger partial charge in [0.2, 0.25) is 0 Å². The van der Waals surface area contributed by atoms with Crippen molar-refractivity contribution in [2.24, 2.45) is 5.92 Å². The van der Waals surface area contributed by atoms with Gasteiger partial charge in [-0.25, -0.2) is 4.72 Å². The monoisotopic (exact) mass is 321 g/mol. The Morgan fingerprint density at radius 3 is 2.91 bits per heavy atom. The number of piperidine rings is 1. The molecule has 22 heavy (non-hydrogen) atoms. The van der Waals surface area contributed by atoms with Crippen LogP contribution in [-0.2, 0) is 16.6 Å². The van der Waals surface area contributed by atoms with E-state index in [1.54, 1.807) is 4.31 Å². The Morgan fingerprint density at radius 1 is 1.27 bits per heavy atom. The van der Waals surface area contributed by atoms with Crippen LogP contribution in [0.15, 0.2) is 24.3 Å². The molecular formula is C16H23N3O2S. The highest BCUT2D eigenvalue weighted by molar-refractivity contribution is 7.87. The van der Waals surface area contributed by atoms with Crippen molar-refractivity contribution in [3.05, 3.63) is 35.4 Å². The molecule has 1 aromatic rings. The van der Waals surface area contributed by atoms with Gasteiger partial charge in [0.05, 0.1) is 0 Å². The minimum atomic E-state index is -3.35. The molecule has 3 atom stereocenters. The summed E-state index contributed by atoms with van der Waals surface area (Å²) < 4.78 is 29.7. The molecule has 6 heteroatoms. The average Bonchev–Trinajstić information content (AvgIpc) is 3.16. The maximum absolute atomic E-state index is 12.6. The maximum atomic E-state index is 12.6. The van der Waals surface area contributed by atoms with E-state index < -0.39 is 10.2 Å². The van der Waals surface area contributed by atoms with Crippen LogP contribution in [0.5, 0.6) is 0 Å². The van der Waals surface area contributed by atoms with Gasteiger partial charge in [-0.05, 0) is 49.3 Å². The van der Waals surface area contributed by atoms with Crippen LogP contribution in [0.2, 0.25) is 0 Å². The molecule has 1 saturated carbocycles. The Bertz CT molecular complexity index is 661. The standard InChI is InChI=1S/C16H23N3O2S/c20-22(21,19-11-12-5-6-14(19)9-12)18-10-16-15-4-2-1-3-13(15)7-8-17-16/h1-4,12,14,16-18H,5-11H2. The van der Waals surface area contributed by atoms with E-state index in [1.807, 2.05) is 12.1 Å². The normalized spacial score (nSPS) is 31.4. The summed E-state index contributed by atoms with van der Waals surface area (Å²) in [4.78, 5) is 0. The summed E-state index contributed by atoms with van der Waals surface area (Å²) in [6.45, 7) is 2.03. The van der Waals surface area contributed by atoms with Gasteiger partial charge in [0.1, 0.15) is 0 Å². The molecule has 1 aliphatic carbocycles. The number of nitrogens with one attached hydrogen (secondary N) is 2. The van der Waals surface area contributed by atoms with Crippen molar-refractivity contribution in [2.75, 3.05) is 19.6 Å². The second kappa shape index (κ2) is 5.60. The zero-order valence-electron chi connectivity index (χ0n) is 12.7. The molecule has 0 amide bonds. The second-order valence-electron chi connectivity index (χ2n) is 6.71. The molecule has 3 aliphatic rings. The molecule has 2 aliphatic heterocycles. The SMILES string of the molecule is O=S(=O)(NCC1NCCc2ccccc21)N1CC2CCC1C2. The number of rotatable bonds is 4. The molecule has 2 bridgehead atoms. The summed E-state index contributed by atoms with van der Waals surface area (Å²) in [7, 11) is -3.35. The van der Waals surface area contributed by atoms with E-state index in [2.05, 4.69) is 22.2 Å². The Hall–Kier alpha value is -0.950. The lowest BCUT2D eigenvalue weighted by Gasteiger charge is -2.30. The fourth-order valence-electron chi connectivity index (χ4n) is 4.22. The highest BCUT2D eigenvalue weighted by Gasteiger charge is 2.43. The van der Waals surface area contributed by atoms with Crippen LogP contribution in [0.3, 0.4) is 0 Å². The van der Waals surface area contributed by atoms with Crippen molar-refractivity contribution in [1.29, 1.82) is 0 Å².